The number of halogens is 2. The lowest BCUT2D eigenvalue weighted by atomic mass is 10.3. The molecule has 0 bridgehead atoms. The SMILES string of the molecule is N=C(N)Nc1ccnn1-c1c(Cl)cccc1Cl. The highest BCUT2D eigenvalue weighted by atomic mass is 35.5. The quantitative estimate of drug-likeness (QED) is 0.579. The molecule has 0 spiro atoms. The fraction of sp³-hybridized carbons (Fsp3) is 0. The molecule has 4 N–H and O–H groups in total. The van der Waals surface area contributed by atoms with Gasteiger partial charge in [0, 0.05) is 6.07 Å². The van der Waals surface area contributed by atoms with Gasteiger partial charge in [0.1, 0.15) is 11.5 Å². The minimum atomic E-state index is -0.185. The van der Waals surface area contributed by atoms with Crippen molar-refractivity contribution in [2.75, 3.05) is 5.32 Å². The second-order valence-corrected chi connectivity index (χ2v) is 4.05. The van der Waals surface area contributed by atoms with Gasteiger partial charge in [-0.25, -0.2) is 4.68 Å². The molecule has 0 radical (unpaired) electrons. The Bertz CT molecular complexity index is 543. The van der Waals surface area contributed by atoms with Gasteiger partial charge in [-0.2, -0.15) is 5.10 Å². The summed E-state index contributed by atoms with van der Waals surface area (Å²) in [6.07, 6.45) is 1.56. The zero-order chi connectivity index (χ0) is 12.4. The molecule has 0 aliphatic rings. The number of hydrogen-bond donors (Lipinski definition) is 3. The third-order valence-electron chi connectivity index (χ3n) is 2.05. The zero-order valence-electron chi connectivity index (χ0n) is 8.61. The lowest BCUT2D eigenvalue weighted by Crippen LogP contribution is -2.22. The van der Waals surface area contributed by atoms with E-state index >= 15 is 0 Å². The Labute approximate surface area is 108 Å². The number of nitrogens with two attached hydrogens (primary N) is 1. The monoisotopic (exact) mass is 269 g/mol. The molecule has 0 aliphatic heterocycles. The van der Waals surface area contributed by atoms with Gasteiger partial charge >= 0.3 is 0 Å². The third-order valence-corrected chi connectivity index (χ3v) is 2.66. The molecule has 1 aromatic carbocycles. The summed E-state index contributed by atoms with van der Waals surface area (Å²) in [6.45, 7) is 0. The van der Waals surface area contributed by atoms with Crippen molar-refractivity contribution >= 4 is 35.0 Å². The van der Waals surface area contributed by atoms with E-state index in [4.69, 9.17) is 34.3 Å². The highest BCUT2D eigenvalue weighted by Crippen LogP contribution is 2.29. The summed E-state index contributed by atoms with van der Waals surface area (Å²) in [4.78, 5) is 0. The van der Waals surface area contributed by atoms with Crippen LogP contribution in [0.25, 0.3) is 5.69 Å². The second kappa shape index (κ2) is 4.65. The molecule has 0 atom stereocenters. The Kier molecular flexibility index (Phi) is 3.21. The maximum atomic E-state index is 7.20. The van der Waals surface area contributed by atoms with Crippen molar-refractivity contribution in [3.63, 3.8) is 0 Å². The molecule has 0 saturated carbocycles. The zero-order valence-corrected chi connectivity index (χ0v) is 10.1. The van der Waals surface area contributed by atoms with Crippen molar-refractivity contribution in [1.29, 1.82) is 5.41 Å². The summed E-state index contributed by atoms with van der Waals surface area (Å²) < 4.78 is 1.49. The largest absolute Gasteiger partial charge is 0.370 e. The molecular weight excluding hydrogens is 261 g/mol. The predicted molar refractivity (Wildman–Crippen MR) is 69.1 cm³/mol. The van der Waals surface area contributed by atoms with Gasteiger partial charge in [-0.15, -0.1) is 0 Å². The van der Waals surface area contributed by atoms with Crippen molar-refractivity contribution in [1.82, 2.24) is 9.78 Å². The first kappa shape index (κ1) is 11.8. The van der Waals surface area contributed by atoms with E-state index in [1.807, 2.05) is 0 Å². The van der Waals surface area contributed by atoms with Gasteiger partial charge in [0.2, 0.25) is 0 Å². The van der Waals surface area contributed by atoms with Gasteiger partial charge < -0.3 is 11.1 Å². The number of anilines is 1. The Hall–Kier alpha value is -1.72. The number of para-hydroxylation sites is 1. The molecule has 0 aliphatic carbocycles. The standard InChI is InChI=1S/C10H9Cl2N5/c11-6-2-1-3-7(12)9(6)17-8(4-5-15-17)16-10(13)14/h1-5H,(H4,13,14,16). The molecule has 0 unspecified atom stereocenters. The predicted octanol–water partition coefficient (Wildman–Crippen LogP) is 2.48. The highest BCUT2D eigenvalue weighted by molar-refractivity contribution is 6.37. The smallest absolute Gasteiger partial charge is 0.191 e. The van der Waals surface area contributed by atoms with Crippen molar-refractivity contribution < 1.29 is 0 Å². The van der Waals surface area contributed by atoms with E-state index in [1.165, 1.54) is 4.68 Å². The number of guanidine groups is 1. The molecular formula is C10H9Cl2N5. The fourth-order valence-electron chi connectivity index (χ4n) is 1.41. The molecule has 0 amide bonds. The first-order chi connectivity index (χ1) is 8.09. The van der Waals surface area contributed by atoms with Crippen molar-refractivity contribution in [3.05, 3.63) is 40.5 Å². The normalized spacial score (nSPS) is 10.2. The Morgan fingerprint density at radius 1 is 1.29 bits per heavy atom. The van der Waals surface area contributed by atoms with Crippen molar-refractivity contribution in [2.45, 2.75) is 0 Å². The topological polar surface area (TPSA) is 79.7 Å². The average molecular weight is 270 g/mol. The highest BCUT2D eigenvalue weighted by Gasteiger charge is 2.12. The Balaban J connectivity index is 2.53. The first-order valence-corrected chi connectivity index (χ1v) is 5.44. The Morgan fingerprint density at radius 2 is 1.94 bits per heavy atom. The van der Waals surface area contributed by atoms with Crippen LogP contribution in [0.5, 0.6) is 0 Å². The van der Waals surface area contributed by atoms with E-state index in [2.05, 4.69) is 10.4 Å². The van der Waals surface area contributed by atoms with E-state index < -0.39 is 0 Å². The lowest BCUT2D eigenvalue weighted by molar-refractivity contribution is 0.889. The second-order valence-electron chi connectivity index (χ2n) is 3.24. The van der Waals surface area contributed by atoms with Crippen molar-refractivity contribution in [2.24, 2.45) is 5.73 Å². The first-order valence-electron chi connectivity index (χ1n) is 4.69. The van der Waals surface area contributed by atoms with Crippen LogP contribution in [0.2, 0.25) is 10.0 Å². The van der Waals surface area contributed by atoms with Gasteiger partial charge in [-0.05, 0) is 12.1 Å². The summed E-state index contributed by atoms with van der Waals surface area (Å²) in [5, 5.41) is 14.9. The van der Waals surface area contributed by atoms with E-state index in [0.717, 1.165) is 0 Å². The maximum absolute atomic E-state index is 7.20. The summed E-state index contributed by atoms with van der Waals surface area (Å²) in [7, 11) is 0. The van der Waals surface area contributed by atoms with Crippen LogP contribution in [-0.4, -0.2) is 15.7 Å². The van der Waals surface area contributed by atoms with Gasteiger partial charge in [-0.1, -0.05) is 29.3 Å². The van der Waals surface area contributed by atoms with Crippen LogP contribution in [0.15, 0.2) is 30.5 Å². The van der Waals surface area contributed by atoms with Crippen LogP contribution in [0.1, 0.15) is 0 Å². The fourth-order valence-corrected chi connectivity index (χ4v) is 1.96. The maximum Gasteiger partial charge on any atom is 0.191 e. The minimum Gasteiger partial charge on any atom is -0.370 e. The average Bonchev–Trinajstić information content (AvgIpc) is 2.65. The lowest BCUT2D eigenvalue weighted by Gasteiger charge is -2.11. The van der Waals surface area contributed by atoms with E-state index in [9.17, 15) is 0 Å². The van der Waals surface area contributed by atoms with Crippen LogP contribution in [-0.2, 0) is 0 Å². The number of nitrogens with one attached hydrogen (secondary N) is 2. The van der Waals surface area contributed by atoms with Crippen LogP contribution < -0.4 is 11.1 Å². The number of hydrogen-bond acceptors (Lipinski definition) is 2. The molecule has 7 heteroatoms. The number of rotatable bonds is 2. The molecule has 2 aromatic rings. The van der Waals surface area contributed by atoms with Gasteiger partial charge in [0.25, 0.3) is 0 Å². The van der Waals surface area contributed by atoms with Crippen molar-refractivity contribution in [3.8, 4) is 5.69 Å². The molecule has 88 valence electrons. The minimum absolute atomic E-state index is 0.185. The van der Waals surface area contributed by atoms with Gasteiger partial charge in [0.05, 0.1) is 16.2 Å². The van der Waals surface area contributed by atoms with E-state index in [0.29, 0.717) is 21.6 Å². The molecule has 17 heavy (non-hydrogen) atoms. The summed E-state index contributed by atoms with van der Waals surface area (Å²) in [6, 6.07) is 6.83. The Morgan fingerprint density at radius 3 is 2.53 bits per heavy atom. The molecule has 0 saturated heterocycles. The summed E-state index contributed by atoms with van der Waals surface area (Å²) >= 11 is 12.1. The van der Waals surface area contributed by atoms with Gasteiger partial charge in [0.15, 0.2) is 5.96 Å². The van der Waals surface area contributed by atoms with Gasteiger partial charge in [-0.3, -0.25) is 5.41 Å². The molecule has 5 nitrogen and oxygen atoms in total. The molecule has 1 heterocycles. The van der Waals surface area contributed by atoms with E-state index in [1.54, 1.807) is 30.5 Å². The number of benzene rings is 1. The number of aromatic nitrogens is 2. The third kappa shape index (κ3) is 2.35. The number of nitrogens with zero attached hydrogens (tertiary/aromatic N) is 2. The summed E-state index contributed by atoms with van der Waals surface area (Å²) in [5.41, 5.74) is 5.82. The molecule has 0 fully saturated rings. The molecule has 1 aromatic heterocycles. The van der Waals surface area contributed by atoms with E-state index in [-0.39, 0.29) is 5.96 Å². The van der Waals surface area contributed by atoms with Crippen LogP contribution in [0.4, 0.5) is 5.82 Å². The van der Waals surface area contributed by atoms with Crippen LogP contribution >= 0.6 is 23.2 Å². The summed E-state index contributed by atoms with van der Waals surface area (Å²) in [5.74, 6) is 0.336. The molecule has 2 rings (SSSR count). The van der Waals surface area contributed by atoms with Crippen LogP contribution in [0.3, 0.4) is 0 Å². The van der Waals surface area contributed by atoms with Crippen LogP contribution in [0, 0.1) is 5.41 Å².